The summed E-state index contributed by atoms with van der Waals surface area (Å²) in [4.78, 5) is 11.8. The molecule has 27 heavy (non-hydrogen) atoms. The zero-order valence-electron chi connectivity index (χ0n) is 18.9. The Morgan fingerprint density at radius 1 is 0.667 bits per heavy atom. The van der Waals surface area contributed by atoms with Gasteiger partial charge in [-0.05, 0) is 12.8 Å². The van der Waals surface area contributed by atoms with E-state index in [1.165, 1.54) is 83.6 Å². The molecule has 4 heteroatoms. The number of carbonyl (C=O) groups is 1. The Morgan fingerprint density at radius 2 is 1.11 bits per heavy atom. The molecule has 0 aliphatic heterocycles. The normalized spacial score (nSPS) is 11.3. The molecule has 0 aromatic rings. The minimum atomic E-state index is -0.000196. The summed E-state index contributed by atoms with van der Waals surface area (Å²) >= 11 is 0. The molecule has 0 aromatic carbocycles. The third kappa shape index (κ3) is 22.3. The third-order valence-corrected chi connectivity index (χ3v) is 5.27. The van der Waals surface area contributed by atoms with Crippen LogP contribution in [0.5, 0.6) is 0 Å². The Kier molecular flexibility index (Phi) is 22.7. The van der Waals surface area contributed by atoms with Crippen molar-refractivity contribution in [2.45, 2.75) is 110 Å². The van der Waals surface area contributed by atoms with Gasteiger partial charge in [0, 0.05) is 12.8 Å². The second-order valence-electron chi connectivity index (χ2n) is 8.60. The number of ether oxygens (including phenoxy) is 1. The van der Waals surface area contributed by atoms with Gasteiger partial charge in [0.1, 0.15) is 0 Å². The van der Waals surface area contributed by atoms with Crippen molar-refractivity contribution in [2.24, 2.45) is 0 Å². The quantitative estimate of drug-likeness (QED) is 0.118. The molecule has 0 N–H and O–H groups in total. The molecular formula is C23H48INO2. The van der Waals surface area contributed by atoms with Crippen LogP contribution in [0.1, 0.15) is 110 Å². The van der Waals surface area contributed by atoms with E-state index in [-0.39, 0.29) is 29.9 Å². The molecule has 0 spiro atoms. The van der Waals surface area contributed by atoms with E-state index in [9.17, 15) is 4.79 Å². The minimum absolute atomic E-state index is 0. The standard InChI is InChI=1S/C23H48NO2.HI/c1-5-7-9-10-11-12-13-14-15-16-17-19-23(25)26-22-18-21-24(3,4)20-8-6-2;/h5-22H2,1-4H3;1H/q+1;/p-1. The lowest BCUT2D eigenvalue weighted by molar-refractivity contribution is -0.890. The van der Waals surface area contributed by atoms with E-state index in [1.54, 1.807) is 0 Å². The average molecular weight is 498 g/mol. The fourth-order valence-electron chi connectivity index (χ4n) is 3.38. The van der Waals surface area contributed by atoms with Crippen LogP contribution < -0.4 is 24.0 Å². The second kappa shape index (κ2) is 20.9. The monoisotopic (exact) mass is 497 g/mol. The summed E-state index contributed by atoms with van der Waals surface area (Å²) in [5.74, 6) is -0.000196. The van der Waals surface area contributed by atoms with Gasteiger partial charge in [-0.3, -0.25) is 4.79 Å². The van der Waals surface area contributed by atoms with Crippen LogP contribution in [0.2, 0.25) is 0 Å². The number of nitrogens with zero attached hydrogens (tertiary/aromatic N) is 1. The lowest BCUT2D eigenvalue weighted by Gasteiger charge is -2.29. The van der Waals surface area contributed by atoms with Crippen LogP contribution in [0.25, 0.3) is 0 Å². The van der Waals surface area contributed by atoms with Crippen molar-refractivity contribution in [1.29, 1.82) is 0 Å². The maximum absolute atomic E-state index is 11.8. The van der Waals surface area contributed by atoms with Gasteiger partial charge in [0.25, 0.3) is 0 Å². The third-order valence-electron chi connectivity index (χ3n) is 5.27. The Morgan fingerprint density at radius 3 is 1.63 bits per heavy atom. The first-order chi connectivity index (χ1) is 12.5. The van der Waals surface area contributed by atoms with Crippen LogP contribution in [0.15, 0.2) is 0 Å². The maximum atomic E-state index is 11.8. The zero-order chi connectivity index (χ0) is 19.5. The topological polar surface area (TPSA) is 26.3 Å². The van der Waals surface area contributed by atoms with Crippen LogP contribution in [0.4, 0.5) is 0 Å². The van der Waals surface area contributed by atoms with Gasteiger partial charge < -0.3 is 33.2 Å². The van der Waals surface area contributed by atoms with Gasteiger partial charge in [0.05, 0.1) is 33.8 Å². The van der Waals surface area contributed by atoms with Crippen LogP contribution in [-0.4, -0.2) is 44.2 Å². The maximum Gasteiger partial charge on any atom is 0.305 e. The fourth-order valence-corrected chi connectivity index (χ4v) is 3.38. The van der Waals surface area contributed by atoms with E-state index in [4.69, 9.17) is 4.74 Å². The molecule has 0 saturated carbocycles. The summed E-state index contributed by atoms with van der Waals surface area (Å²) in [5.41, 5.74) is 0. The fraction of sp³-hybridized carbons (Fsp3) is 0.957. The number of quaternary nitrogens is 1. The Balaban J connectivity index is 0. The summed E-state index contributed by atoms with van der Waals surface area (Å²) in [6.07, 6.45) is 18.6. The van der Waals surface area contributed by atoms with E-state index in [0.717, 1.165) is 23.9 Å². The van der Waals surface area contributed by atoms with E-state index in [0.29, 0.717) is 13.0 Å². The van der Waals surface area contributed by atoms with Crippen molar-refractivity contribution in [2.75, 3.05) is 33.8 Å². The molecule has 0 amide bonds. The second-order valence-corrected chi connectivity index (χ2v) is 8.60. The lowest BCUT2D eigenvalue weighted by Crippen LogP contribution is -3.00. The number of esters is 1. The van der Waals surface area contributed by atoms with Crippen molar-refractivity contribution in [1.82, 2.24) is 0 Å². The SMILES string of the molecule is CCCCCCCCCCCCCC(=O)OCCC[N+](C)(C)CCCC.[I-]. The van der Waals surface area contributed by atoms with Crippen molar-refractivity contribution in [3.05, 3.63) is 0 Å². The largest absolute Gasteiger partial charge is 1.00 e. The lowest BCUT2D eigenvalue weighted by atomic mass is 10.1. The molecule has 0 aliphatic carbocycles. The van der Waals surface area contributed by atoms with Gasteiger partial charge in [0.2, 0.25) is 0 Å². The van der Waals surface area contributed by atoms with Gasteiger partial charge in [-0.1, -0.05) is 84.5 Å². The highest BCUT2D eigenvalue weighted by molar-refractivity contribution is 5.69. The molecule has 0 fully saturated rings. The number of halogens is 1. The molecule has 0 aromatic heterocycles. The van der Waals surface area contributed by atoms with Crippen molar-refractivity contribution in [3.63, 3.8) is 0 Å². The first-order valence-corrected chi connectivity index (χ1v) is 11.5. The highest BCUT2D eigenvalue weighted by Crippen LogP contribution is 2.12. The van der Waals surface area contributed by atoms with Crippen molar-refractivity contribution in [3.8, 4) is 0 Å². The number of rotatable bonds is 19. The zero-order valence-corrected chi connectivity index (χ0v) is 21.0. The Hall–Kier alpha value is 0.160. The van der Waals surface area contributed by atoms with Gasteiger partial charge in [-0.2, -0.15) is 0 Å². The van der Waals surface area contributed by atoms with Crippen LogP contribution in [0, 0.1) is 0 Å². The van der Waals surface area contributed by atoms with Gasteiger partial charge in [-0.25, -0.2) is 0 Å². The first kappa shape index (κ1) is 29.4. The molecule has 0 atom stereocenters. The van der Waals surface area contributed by atoms with E-state index >= 15 is 0 Å². The highest BCUT2D eigenvalue weighted by atomic mass is 127. The average Bonchev–Trinajstić information content (AvgIpc) is 2.61. The Bertz CT molecular complexity index is 322. The van der Waals surface area contributed by atoms with E-state index in [2.05, 4.69) is 27.9 Å². The molecule has 0 heterocycles. The molecule has 3 nitrogen and oxygen atoms in total. The molecular weight excluding hydrogens is 449 g/mol. The summed E-state index contributed by atoms with van der Waals surface area (Å²) in [6.45, 7) is 7.39. The van der Waals surface area contributed by atoms with Crippen LogP contribution in [-0.2, 0) is 9.53 Å². The number of unbranched alkanes of at least 4 members (excludes halogenated alkanes) is 11. The molecule has 0 rings (SSSR count). The molecule has 0 saturated heterocycles. The number of hydrogen-bond acceptors (Lipinski definition) is 2. The molecule has 0 aliphatic rings. The van der Waals surface area contributed by atoms with Crippen LogP contribution in [0.3, 0.4) is 0 Å². The number of carbonyl (C=O) groups excluding carboxylic acids is 1. The van der Waals surface area contributed by atoms with Crippen molar-refractivity contribution < 1.29 is 38.0 Å². The summed E-state index contributed by atoms with van der Waals surface area (Å²) in [6, 6.07) is 0. The van der Waals surface area contributed by atoms with E-state index < -0.39 is 0 Å². The minimum Gasteiger partial charge on any atom is -1.00 e. The summed E-state index contributed by atoms with van der Waals surface area (Å²) in [5, 5.41) is 0. The highest BCUT2D eigenvalue weighted by Gasteiger charge is 2.13. The summed E-state index contributed by atoms with van der Waals surface area (Å²) < 4.78 is 6.42. The van der Waals surface area contributed by atoms with Crippen LogP contribution >= 0.6 is 0 Å². The van der Waals surface area contributed by atoms with E-state index in [1.807, 2.05) is 0 Å². The van der Waals surface area contributed by atoms with Gasteiger partial charge in [0.15, 0.2) is 0 Å². The van der Waals surface area contributed by atoms with Crippen molar-refractivity contribution >= 4 is 5.97 Å². The molecule has 164 valence electrons. The van der Waals surface area contributed by atoms with Gasteiger partial charge in [-0.15, -0.1) is 0 Å². The summed E-state index contributed by atoms with van der Waals surface area (Å²) in [7, 11) is 4.53. The molecule has 0 radical (unpaired) electrons. The van der Waals surface area contributed by atoms with Gasteiger partial charge >= 0.3 is 5.97 Å². The Labute approximate surface area is 187 Å². The molecule has 0 bridgehead atoms. The predicted molar refractivity (Wildman–Crippen MR) is 113 cm³/mol. The predicted octanol–water partition coefficient (Wildman–Crippen LogP) is 3.50. The first-order valence-electron chi connectivity index (χ1n) is 11.5. The smallest absolute Gasteiger partial charge is 0.305 e. The number of hydrogen-bond donors (Lipinski definition) is 0. The molecule has 0 unspecified atom stereocenters.